The zero-order valence-corrected chi connectivity index (χ0v) is 12.2. The number of nitrogens with zero attached hydrogens (tertiary/aromatic N) is 2. The third kappa shape index (κ3) is 4.31. The number of thioether (sulfide) groups is 1. The van der Waals surface area contributed by atoms with Crippen molar-refractivity contribution in [2.75, 3.05) is 17.6 Å². The monoisotopic (exact) mass is 290 g/mol. The highest BCUT2D eigenvalue weighted by Crippen LogP contribution is 2.26. The van der Waals surface area contributed by atoms with Crippen LogP contribution in [-0.2, 0) is 6.54 Å². The molecule has 2 amide bonds. The minimum Gasteiger partial charge on any atom is -0.336 e. The number of nitrogens with one attached hydrogen (secondary N) is 2. The van der Waals surface area contributed by atoms with Crippen molar-refractivity contribution in [2.24, 2.45) is 0 Å². The van der Waals surface area contributed by atoms with Gasteiger partial charge in [0.15, 0.2) is 0 Å². The van der Waals surface area contributed by atoms with Gasteiger partial charge in [-0.05, 0) is 17.9 Å². The summed E-state index contributed by atoms with van der Waals surface area (Å²) in [6.07, 6.45) is 5.32. The van der Waals surface area contributed by atoms with Crippen molar-refractivity contribution in [1.82, 2.24) is 14.9 Å². The SMILES string of the molecule is CCSc1ccccc1NC(=O)NCCn1ccnc1. The van der Waals surface area contributed by atoms with E-state index in [0.29, 0.717) is 13.1 Å². The highest BCUT2D eigenvalue weighted by molar-refractivity contribution is 7.99. The van der Waals surface area contributed by atoms with Gasteiger partial charge in [0.1, 0.15) is 0 Å². The number of hydrogen-bond acceptors (Lipinski definition) is 3. The van der Waals surface area contributed by atoms with Crippen molar-refractivity contribution in [1.29, 1.82) is 0 Å². The highest BCUT2D eigenvalue weighted by atomic mass is 32.2. The van der Waals surface area contributed by atoms with E-state index in [1.54, 1.807) is 24.3 Å². The lowest BCUT2D eigenvalue weighted by atomic mass is 10.3. The molecule has 0 radical (unpaired) electrons. The maximum Gasteiger partial charge on any atom is 0.319 e. The van der Waals surface area contributed by atoms with Gasteiger partial charge in [-0.2, -0.15) is 0 Å². The third-order valence-electron chi connectivity index (χ3n) is 2.65. The lowest BCUT2D eigenvalue weighted by molar-refractivity contribution is 0.251. The topological polar surface area (TPSA) is 59.0 Å². The van der Waals surface area contributed by atoms with Crippen molar-refractivity contribution < 1.29 is 4.79 Å². The van der Waals surface area contributed by atoms with E-state index in [0.717, 1.165) is 16.3 Å². The van der Waals surface area contributed by atoms with Crippen LogP contribution < -0.4 is 10.6 Å². The fraction of sp³-hybridized carbons (Fsp3) is 0.286. The Hall–Kier alpha value is -1.95. The van der Waals surface area contributed by atoms with Gasteiger partial charge in [0, 0.05) is 30.4 Å². The largest absolute Gasteiger partial charge is 0.336 e. The molecular formula is C14H18N4OS. The van der Waals surface area contributed by atoms with Gasteiger partial charge in [0.2, 0.25) is 0 Å². The van der Waals surface area contributed by atoms with Crippen molar-refractivity contribution in [3.05, 3.63) is 43.0 Å². The van der Waals surface area contributed by atoms with Gasteiger partial charge in [-0.25, -0.2) is 9.78 Å². The summed E-state index contributed by atoms with van der Waals surface area (Å²) in [6.45, 7) is 3.36. The zero-order valence-electron chi connectivity index (χ0n) is 11.4. The fourth-order valence-electron chi connectivity index (χ4n) is 1.74. The Morgan fingerprint density at radius 1 is 1.40 bits per heavy atom. The van der Waals surface area contributed by atoms with E-state index in [9.17, 15) is 4.79 Å². The minimum atomic E-state index is -0.186. The Morgan fingerprint density at radius 2 is 2.25 bits per heavy atom. The van der Waals surface area contributed by atoms with Crippen LogP contribution in [0.2, 0.25) is 0 Å². The summed E-state index contributed by atoms with van der Waals surface area (Å²) < 4.78 is 1.92. The second-order valence-corrected chi connectivity index (χ2v) is 5.42. The number of carbonyl (C=O) groups is 1. The molecule has 0 unspecified atom stereocenters. The zero-order chi connectivity index (χ0) is 14.2. The van der Waals surface area contributed by atoms with Crippen LogP contribution in [0.3, 0.4) is 0 Å². The van der Waals surface area contributed by atoms with Crippen LogP contribution in [0.15, 0.2) is 47.9 Å². The van der Waals surface area contributed by atoms with Gasteiger partial charge in [0.05, 0.1) is 12.0 Å². The molecule has 0 aliphatic heterocycles. The van der Waals surface area contributed by atoms with Crippen LogP contribution in [0.1, 0.15) is 6.92 Å². The molecule has 5 nitrogen and oxygen atoms in total. The molecule has 1 aromatic carbocycles. The number of rotatable bonds is 6. The quantitative estimate of drug-likeness (QED) is 0.804. The molecule has 2 aromatic rings. The lowest BCUT2D eigenvalue weighted by Crippen LogP contribution is -2.31. The van der Waals surface area contributed by atoms with Gasteiger partial charge in [0.25, 0.3) is 0 Å². The average molecular weight is 290 g/mol. The summed E-state index contributed by atoms with van der Waals surface area (Å²) in [5.41, 5.74) is 0.847. The van der Waals surface area contributed by atoms with Gasteiger partial charge in [-0.3, -0.25) is 0 Å². The summed E-state index contributed by atoms with van der Waals surface area (Å²) in [7, 11) is 0. The van der Waals surface area contributed by atoms with Gasteiger partial charge in [-0.15, -0.1) is 11.8 Å². The average Bonchev–Trinajstić information content (AvgIpc) is 2.94. The molecule has 6 heteroatoms. The first kappa shape index (κ1) is 14.5. The van der Waals surface area contributed by atoms with Crippen molar-refractivity contribution >= 4 is 23.5 Å². The molecule has 0 saturated heterocycles. The van der Waals surface area contributed by atoms with E-state index in [-0.39, 0.29) is 6.03 Å². The minimum absolute atomic E-state index is 0.186. The number of carbonyl (C=O) groups excluding carboxylic acids is 1. The number of para-hydroxylation sites is 1. The number of aromatic nitrogens is 2. The first-order valence-electron chi connectivity index (χ1n) is 6.52. The molecule has 0 fully saturated rings. The molecule has 0 aliphatic carbocycles. The fourth-order valence-corrected chi connectivity index (χ4v) is 2.50. The Morgan fingerprint density at radius 3 is 3.00 bits per heavy atom. The summed E-state index contributed by atoms with van der Waals surface area (Å²) in [5, 5.41) is 5.71. The van der Waals surface area contributed by atoms with Gasteiger partial charge >= 0.3 is 6.03 Å². The second kappa shape index (κ2) is 7.59. The normalized spacial score (nSPS) is 10.2. The summed E-state index contributed by atoms with van der Waals surface area (Å²) in [5.74, 6) is 0.973. The van der Waals surface area contributed by atoms with Crippen LogP contribution in [0.5, 0.6) is 0 Å². The van der Waals surface area contributed by atoms with E-state index in [1.165, 1.54) is 0 Å². The first-order chi connectivity index (χ1) is 9.79. The van der Waals surface area contributed by atoms with E-state index in [1.807, 2.05) is 35.0 Å². The number of imidazole rings is 1. The molecule has 2 N–H and O–H groups in total. The molecule has 106 valence electrons. The van der Waals surface area contributed by atoms with E-state index in [4.69, 9.17) is 0 Å². The van der Waals surface area contributed by atoms with Crippen LogP contribution in [0.4, 0.5) is 10.5 Å². The molecular weight excluding hydrogens is 272 g/mol. The highest BCUT2D eigenvalue weighted by Gasteiger charge is 2.05. The van der Waals surface area contributed by atoms with Gasteiger partial charge in [-0.1, -0.05) is 19.1 Å². The Balaban J connectivity index is 1.82. The molecule has 0 aliphatic rings. The van der Waals surface area contributed by atoms with E-state index in [2.05, 4.69) is 22.5 Å². The second-order valence-electron chi connectivity index (χ2n) is 4.11. The number of benzene rings is 1. The van der Waals surface area contributed by atoms with E-state index >= 15 is 0 Å². The van der Waals surface area contributed by atoms with Crippen LogP contribution in [-0.4, -0.2) is 27.9 Å². The summed E-state index contributed by atoms with van der Waals surface area (Å²) >= 11 is 1.71. The summed E-state index contributed by atoms with van der Waals surface area (Å²) in [6, 6.07) is 7.62. The Bertz CT molecular complexity index is 542. The number of anilines is 1. The summed E-state index contributed by atoms with van der Waals surface area (Å²) in [4.78, 5) is 16.9. The molecule has 1 aromatic heterocycles. The van der Waals surface area contributed by atoms with Gasteiger partial charge < -0.3 is 15.2 Å². The maximum absolute atomic E-state index is 11.8. The molecule has 0 bridgehead atoms. The van der Waals surface area contributed by atoms with Crippen LogP contribution >= 0.6 is 11.8 Å². The maximum atomic E-state index is 11.8. The lowest BCUT2D eigenvalue weighted by Gasteiger charge is -2.11. The molecule has 0 saturated carbocycles. The number of amides is 2. The molecule has 0 spiro atoms. The van der Waals surface area contributed by atoms with Crippen molar-refractivity contribution in [2.45, 2.75) is 18.4 Å². The molecule has 1 heterocycles. The molecule has 2 rings (SSSR count). The molecule has 0 atom stereocenters. The number of urea groups is 1. The van der Waals surface area contributed by atoms with Crippen molar-refractivity contribution in [3.8, 4) is 0 Å². The Kier molecular flexibility index (Phi) is 5.49. The third-order valence-corrected chi connectivity index (χ3v) is 3.61. The standard InChI is InChI=1S/C14H18N4OS/c1-2-20-13-6-4-3-5-12(13)17-14(19)16-8-10-18-9-7-15-11-18/h3-7,9,11H,2,8,10H2,1H3,(H2,16,17,19). The number of hydrogen-bond donors (Lipinski definition) is 2. The predicted octanol–water partition coefficient (Wildman–Crippen LogP) is 2.82. The molecule has 20 heavy (non-hydrogen) atoms. The predicted molar refractivity (Wildman–Crippen MR) is 82.1 cm³/mol. The smallest absolute Gasteiger partial charge is 0.319 e. The van der Waals surface area contributed by atoms with E-state index < -0.39 is 0 Å². The first-order valence-corrected chi connectivity index (χ1v) is 7.50. The van der Waals surface area contributed by atoms with Crippen LogP contribution in [0.25, 0.3) is 0 Å². The van der Waals surface area contributed by atoms with Crippen LogP contribution in [0, 0.1) is 0 Å². The Labute approximate surface area is 122 Å². The van der Waals surface area contributed by atoms with Crippen molar-refractivity contribution in [3.63, 3.8) is 0 Å².